The number of rotatable bonds is 6. The molecule has 0 spiro atoms. The van der Waals surface area contributed by atoms with Gasteiger partial charge in [-0.2, -0.15) is 0 Å². The van der Waals surface area contributed by atoms with E-state index in [9.17, 15) is 0 Å². The maximum Gasteiger partial charge on any atom is 0.143 e. The molecule has 11 aromatic rings. The molecular weight excluding hydrogens is 671 g/mol. The molecule has 0 unspecified atom stereocenters. The summed E-state index contributed by atoms with van der Waals surface area (Å²) in [6.07, 6.45) is 0. The molecule has 0 N–H and O–H groups in total. The van der Waals surface area contributed by atoms with E-state index in [1.165, 1.54) is 10.8 Å². The van der Waals surface area contributed by atoms with Crippen LogP contribution >= 0.6 is 0 Å². The van der Waals surface area contributed by atoms with E-state index in [1.807, 2.05) is 18.2 Å². The minimum absolute atomic E-state index is 0.891. The predicted molar refractivity (Wildman–Crippen MR) is 229 cm³/mol. The summed E-state index contributed by atoms with van der Waals surface area (Å²) < 4.78 is 12.7. The number of furan rings is 2. The van der Waals surface area contributed by atoms with Crippen LogP contribution in [0.25, 0.3) is 88.0 Å². The maximum atomic E-state index is 6.47. The number of hydrogen-bond donors (Lipinski definition) is 0. The lowest BCUT2D eigenvalue weighted by molar-refractivity contribution is 0.669. The average molecular weight is 704 g/mol. The van der Waals surface area contributed by atoms with E-state index in [4.69, 9.17) is 8.83 Å². The van der Waals surface area contributed by atoms with Gasteiger partial charge in [-0.1, -0.05) is 140 Å². The molecule has 0 aliphatic carbocycles. The Balaban J connectivity index is 0.986. The van der Waals surface area contributed by atoms with Crippen molar-refractivity contribution < 1.29 is 8.83 Å². The molecule has 0 radical (unpaired) electrons. The Kier molecular flexibility index (Phi) is 7.17. The van der Waals surface area contributed by atoms with Crippen LogP contribution in [0.1, 0.15) is 0 Å². The first-order chi connectivity index (χ1) is 27.2. The van der Waals surface area contributed by atoms with Crippen LogP contribution in [-0.4, -0.2) is 0 Å². The Morgan fingerprint density at radius 2 is 0.909 bits per heavy atom. The summed E-state index contributed by atoms with van der Waals surface area (Å²) in [7, 11) is 0. The molecule has 2 heterocycles. The molecular formula is C52H33NO2. The molecule has 3 nitrogen and oxygen atoms in total. The SMILES string of the molecule is c1ccc(-c2cccc3c2oc2ccc(-c4ccc(N(c5ccc(-c6cccc7oc8ccccc8c67)cc5)c5ccc6ccccc6c5)cc4)cc23)cc1. The lowest BCUT2D eigenvalue weighted by Gasteiger charge is -2.26. The van der Waals surface area contributed by atoms with Crippen molar-refractivity contribution in [3.05, 3.63) is 200 Å². The average Bonchev–Trinajstić information content (AvgIpc) is 3.83. The van der Waals surface area contributed by atoms with Gasteiger partial charge >= 0.3 is 0 Å². The van der Waals surface area contributed by atoms with Crippen molar-refractivity contribution in [2.75, 3.05) is 4.90 Å². The highest BCUT2D eigenvalue weighted by Crippen LogP contribution is 2.42. The van der Waals surface area contributed by atoms with Crippen molar-refractivity contribution >= 4 is 71.7 Å². The standard InChI is InChI=1S/C52H33NO2/c1-2-11-36(12-3-1)44-16-8-17-45-47-33-39(25-31-49(47)55-52(44)45)35-20-26-40(27-21-35)53(42-30-22-34-10-4-5-13-38(34)32-42)41-28-23-37(24-29-41)43-15-9-19-50-51(43)46-14-6-7-18-48(46)54-50/h1-33H. The zero-order valence-electron chi connectivity index (χ0n) is 29.8. The third kappa shape index (κ3) is 5.28. The van der Waals surface area contributed by atoms with Crippen LogP contribution in [-0.2, 0) is 0 Å². The van der Waals surface area contributed by atoms with Gasteiger partial charge in [0, 0.05) is 44.2 Å². The minimum atomic E-state index is 0.891. The number of hydrogen-bond acceptors (Lipinski definition) is 3. The smallest absolute Gasteiger partial charge is 0.143 e. The summed E-state index contributed by atoms with van der Waals surface area (Å²) in [4.78, 5) is 2.34. The van der Waals surface area contributed by atoms with Crippen molar-refractivity contribution in [3.63, 3.8) is 0 Å². The van der Waals surface area contributed by atoms with Gasteiger partial charge in [-0.05, 0) is 99.3 Å². The van der Waals surface area contributed by atoms with E-state index < -0.39 is 0 Å². The van der Waals surface area contributed by atoms with Crippen LogP contribution in [0, 0.1) is 0 Å². The zero-order chi connectivity index (χ0) is 36.3. The Morgan fingerprint density at radius 1 is 0.309 bits per heavy atom. The van der Waals surface area contributed by atoms with Gasteiger partial charge in [0.05, 0.1) is 0 Å². The molecule has 9 aromatic carbocycles. The quantitative estimate of drug-likeness (QED) is 0.173. The van der Waals surface area contributed by atoms with E-state index in [2.05, 4.69) is 187 Å². The monoisotopic (exact) mass is 703 g/mol. The normalized spacial score (nSPS) is 11.6. The topological polar surface area (TPSA) is 29.5 Å². The van der Waals surface area contributed by atoms with E-state index in [0.717, 1.165) is 94.3 Å². The van der Waals surface area contributed by atoms with Gasteiger partial charge in [0.15, 0.2) is 0 Å². The summed E-state index contributed by atoms with van der Waals surface area (Å²) in [5.41, 5.74) is 13.7. The molecule has 0 saturated carbocycles. The zero-order valence-corrected chi connectivity index (χ0v) is 29.8. The third-order valence-corrected chi connectivity index (χ3v) is 10.9. The fourth-order valence-corrected chi connectivity index (χ4v) is 8.19. The molecule has 0 aliphatic rings. The van der Waals surface area contributed by atoms with Crippen LogP contribution in [0.3, 0.4) is 0 Å². The van der Waals surface area contributed by atoms with E-state index in [0.29, 0.717) is 0 Å². The summed E-state index contributed by atoms with van der Waals surface area (Å²) in [6, 6.07) is 71.0. The second-order valence-electron chi connectivity index (χ2n) is 14.1. The first kappa shape index (κ1) is 31.2. The molecule has 11 rings (SSSR count). The van der Waals surface area contributed by atoms with Crippen LogP contribution in [0.4, 0.5) is 17.1 Å². The maximum absolute atomic E-state index is 6.47. The molecule has 258 valence electrons. The molecule has 0 fully saturated rings. The molecule has 3 heteroatoms. The fraction of sp³-hybridized carbons (Fsp3) is 0. The van der Waals surface area contributed by atoms with Gasteiger partial charge in [-0.25, -0.2) is 0 Å². The highest BCUT2D eigenvalue weighted by molar-refractivity contribution is 6.13. The van der Waals surface area contributed by atoms with Crippen molar-refractivity contribution in [2.45, 2.75) is 0 Å². The molecule has 55 heavy (non-hydrogen) atoms. The number of benzene rings is 9. The van der Waals surface area contributed by atoms with Gasteiger partial charge < -0.3 is 13.7 Å². The molecule has 0 atom stereocenters. The highest BCUT2D eigenvalue weighted by atomic mass is 16.3. The molecule has 0 amide bonds. The highest BCUT2D eigenvalue weighted by Gasteiger charge is 2.17. The lowest BCUT2D eigenvalue weighted by Crippen LogP contribution is -2.09. The van der Waals surface area contributed by atoms with Crippen LogP contribution in [0.5, 0.6) is 0 Å². The van der Waals surface area contributed by atoms with Crippen LogP contribution in [0.15, 0.2) is 209 Å². The fourth-order valence-electron chi connectivity index (χ4n) is 8.19. The number of fused-ring (bicyclic) bond motifs is 7. The third-order valence-electron chi connectivity index (χ3n) is 10.9. The van der Waals surface area contributed by atoms with E-state index in [-0.39, 0.29) is 0 Å². The summed E-state index contributed by atoms with van der Waals surface area (Å²) >= 11 is 0. The Hall–Kier alpha value is -7.36. The predicted octanol–water partition coefficient (Wildman–Crippen LogP) is 15.1. The summed E-state index contributed by atoms with van der Waals surface area (Å²) in [6.45, 7) is 0. The van der Waals surface area contributed by atoms with Gasteiger partial charge in [-0.3, -0.25) is 0 Å². The second kappa shape index (κ2) is 12.6. The number of anilines is 3. The van der Waals surface area contributed by atoms with Gasteiger partial charge in [0.25, 0.3) is 0 Å². The second-order valence-corrected chi connectivity index (χ2v) is 14.1. The van der Waals surface area contributed by atoms with Crippen molar-refractivity contribution in [2.24, 2.45) is 0 Å². The van der Waals surface area contributed by atoms with Crippen LogP contribution < -0.4 is 4.90 Å². The summed E-state index contributed by atoms with van der Waals surface area (Å²) in [5, 5.41) is 6.94. The van der Waals surface area contributed by atoms with Crippen LogP contribution in [0.2, 0.25) is 0 Å². The first-order valence-electron chi connectivity index (χ1n) is 18.7. The largest absolute Gasteiger partial charge is 0.456 e. The molecule has 0 bridgehead atoms. The molecule has 0 aliphatic heterocycles. The van der Waals surface area contributed by atoms with E-state index >= 15 is 0 Å². The minimum Gasteiger partial charge on any atom is -0.456 e. The van der Waals surface area contributed by atoms with E-state index in [1.54, 1.807) is 0 Å². The Labute approximate surface area is 317 Å². The lowest BCUT2D eigenvalue weighted by atomic mass is 9.98. The summed E-state index contributed by atoms with van der Waals surface area (Å²) in [5.74, 6) is 0. The molecule has 0 saturated heterocycles. The van der Waals surface area contributed by atoms with Gasteiger partial charge in [-0.15, -0.1) is 0 Å². The van der Waals surface area contributed by atoms with Gasteiger partial charge in [0.1, 0.15) is 22.3 Å². The van der Waals surface area contributed by atoms with Crippen molar-refractivity contribution in [1.29, 1.82) is 0 Å². The van der Waals surface area contributed by atoms with Gasteiger partial charge in [0.2, 0.25) is 0 Å². The Bertz CT molecular complexity index is 3190. The Morgan fingerprint density at radius 3 is 1.75 bits per heavy atom. The number of nitrogens with zero attached hydrogens (tertiary/aromatic N) is 1. The first-order valence-corrected chi connectivity index (χ1v) is 18.7. The number of para-hydroxylation sites is 2. The molecule has 2 aromatic heterocycles. The van der Waals surface area contributed by atoms with Crippen molar-refractivity contribution in [3.8, 4) is 33.4 Å². The van der Waals surface area contributed by atoms with Crippen molar-refractivity contribution in [1.82, 2.24) is 0 Å².